The molecule has 1 amide bonds. The van der Waals surface area contributed by atoms with Crippen molar-refractivity contribution in [3.63, 3.8) is 0 Å². The summed E-state index contributed by atoms with van der Waals surface area (Å²) in [6.07, 6.45) is 1.09. The second kappa shape index (κ2) is 6.90. The topological polar surface area (TPSA) is 29.1 Å². The van der Waals surface area contributed by atoms with E-state index in [9.17, 15) is 4.79 Å². The van der Waals surface area contributed by atoms with Crippen LogP contribution in [0.2, 0.25) is 0 Å². The Labute approximate surface area is 120 Å². The molecule has 0 spiro atoms. The highest BCUT2D eigenvalue weighted by Crippen LogP contribution is 2.10. The quantitative estimate of drug-likeness (QED) is 0.876. The Morgan fingerprint density at radius 3 is 2.15 bits per heavy atom. The summed E-state index contributed by atoms with van der Waals surface area (Å²) in [7, 11) is 0. The van der Waals surface area contributed by atoms with Crippen LogP contribution in [0, 0.1) is 5.92 Å². The van der Waals surface area contributed by atoms with Gasteiger partial charge in [-0.05, 0) is 35.6 Å². The lowest BCUT2D eigenvalue weighted by Crippen LogP contribution is -2.22. The van der Waals surface area contributed by atoms with Crippen LogP contribution in [0.5, 0.6) is 0 Å². The standard InChI is InChI=1S/C18H21NO/c1-14(2)12-15-8-10-16(11-9-15)13-19-18(20)17-6-4-3-5-7-17/h3-11,14H,12-13H2,1-2H3,(H,19,20). The van der Waals surface area contributed by atoms with Gasteiger partial charge in [0, 0.05) is 12.1 Å². The van der Waals surface area contributed by atoms with E-state index in [0.717, 1.165) is 12.0 Å². The first-order valence-electron chi connectivity index (χ1n) is 7.06. The number of hydrogen-bond donors (Lipinski definition) is 1. The maximum atomic E-state index is 11.9. The van der Waals surface area contributed by atoms with Crippen LogP contribution < -0.4 is 5.32 Å². The molecule has 0 aliphatic carbocycles. The van der Waals surface area contributed by atoms with Gasteiger partial charge in [0.2, 0.25) is 0 Å². The summed E-state index contributed by atoms with van der Waals surface area (Å²) in [6.45, 7) is 5.00. The number of rotatable bonds is 5. The third-order valence-corrected chi connectivity index (χ3v) is 3.16. The normalized spacial score (nSPS) is 10.6. The van der Waals surface area contributed by atoms with Crippen LogP contribution >= 0.6 is 0 Å². The molecular formula is C18H21NO. The maximum absolute atomic E-state index is 11.9. The minimum absolute atomic E-state index is 0.0307. The molecule has 2 heteroatoms. The fourth-order valence-corrected chi connectivity index (χ4v) is 2.14. The monoisotopic (exact) mass is 267 g/mol. The van der Waals surface area contributed by atoms with Gasteiger partial charge < -0.3 is 5.32 Å². The molecule has 0 bridgehead atoms. The molecule has 0 aliphatic rings. The minimum Gasteiger partial charge on any atom is -0.348 e. The van der Waals surface area contributed by atoms with E-state index in [1.54, 1.807) is 0 Å². The smallest absolute Gasteiger partial charge is 0.251 e. The van der Waals surface area contributed by atoms with Crippen molar-refractivity contribution >= 4 is 5.91 Å². The van der Waals surface area contributed by atoms with E-state index in [1.807, 2.05) is 30.3 Å². The highest BCUT2D eigenvalue weighted by atomic mass is 16.1. The van der Waals surface area contributed by atoms with Crippen LogP contribution in [0.3, 0.4) is 0 Å². The van der Waals surface area contributed by atoms with Crippen LogP contribution in [0.25, 0.3) is 0 Å². The van der Waals surface area contributed by atoms with E-state index in [-0.39, 0.29) is 5.91 Å². The van der Waals surface area contributed by atoms with Crippen molar-refractivity contribution in [1.29, 1.82) is 0 Å². The molecule has 0 saturated heterocycles. The van der Waals surface area contributed by atoms with Crippen molar-refractivity contribution in [3.05, 3.63) is 71.3 Å². The zero-order valence-electron chi connectivity index (χ0n) is 12.1. The molecule has 104 valence electrons. The fourth-order valence-electron chi connectivity index (χ4n) is 2.14. The second-order valence-electron chi connectivity index (χ2n) is 5.46. The molecule has 2 aromatic carbocycles. The molecule has 0 heterocycles. The van der Waals surface area contributed by atoms with Gasteiger partial charge in [0.1, 0.15) is 0 Å². The van der Waals surface area contributed by atoms with Gasteiger partial charge in [0.25, 0.3) is 5.91 Å². The molecule has 0 radical (unpaired) electrons. The van der Waals surface area contributed by atoms with Crippen molar-refractivity contribution in [3.8, 4) is 0 Å². The third kappa shape index (κ3) is 4.23. The summed E-state index contributed by atoms with van der Waals surface area (Å²) < 4.78 is 0. The molecule has 0 aliphatic heterocycles. The van der Waals surface area contributed by atoms with Crippen molar-refractivity contribution in [2.24, 2.45) is 5.92 Å². The van der Waals surface area contributed by atoms with Gasteiger partial charge in [0.05, 0.1) is 0 Å². The molecule has 0 fully saturated rings. The van der Waals surface area contributed by atoms with E-state index < -0.39 is 0 Å². The van der Waals surface area contributed by atoms with E-state index in [2.05, 4.69) is 43.4 Å². The number of benzene rings is 2. The van der Waals surface area contributed by atoms with Crippen molar-refractivity contribution in [1.82, 2.24) is 5.32 Å². The predicted molar refractivity (Wildman–Crippen MR) is 82.6 cm³/mol. The highest BCUT2D eigenvalue weighted by molar-refractivity contribution is 5.94. The number of nitrogens with one attached hydrogen (secondary N) is 1. The molecule has 1 N–H and O–H groups in total. The first-order valence-corrected chi connectivity index (χ1v) is 7.06. The van der Waals surface area contributed by atoms with Gasteiger partial charge in [-0.3, -0.25) is 4.79 Å². The summed E-state index contributed by atoms with van der Waals surface area (Å²) in [4.78, 5) is 11.9. The Morgan fingerprint density at radius 2 is 1.55 bits per heavy atom. The van der Waals surface area contributed by atoms with Gasteiger partial charge in [0.15, 0.2) is 0 Å². The van der Waals surface area contributed by atoms with Crippen molar-refractivity contribution in [2.45, 2.75) is 26.8 Å². The van der Waals surface area contributed by atoms with E-state index in [4.69, 9.17) is 0 Å². The minimum atomic E-state index is -0.0307. The van der Waals surface area contributed by atoms with Crippen LogP contribution in [0.4, 0.5) is 0 Å². The lowest BCUT2D eigenvalue weighted by molar-refractivity contribution is 0.0951. The summed E-state index contributed by atoms with van der Waals surface area (Å²) in [5.74, 6) is 0.635. The molecule has 2 nitrogen and oxygen atoms in total. The average Bonchev–Trinajstić information content (AvgIpc) is 2.46. The maximum Gasteiger partial charge on any atom is 0.251 e. The fraction of sp³-hybridized carbons (Fsp3) is 0.278. The SMILES string of the molecule is CC(C)Cc1ccc(CNC(=O)c2ccccc2)cc1. The Kier molecular flexibility index (Phi) is 4.94. The molecule has 20 heavy (non-hydrogen) atoms. The van der Waals surface area contributed by atoms with Crippen LogP contribution in [-0.4, -0.2) is 5.91 Å². The largest absolute Gasteiger partial charge is 0.348 e. The number of hydrogen-bond acceptors (Lipinski definition) is 1. The lowest BCUT2D eigenvalue weighted by Gasteiger charge is -2.08. The molecule has 0 aromatic heterocycles. The summed E-state index contributed by atoms with van der Waals surface area (Å²) in [5.41, 5.74) is 3.17. The van der Waals surface area contributed by atoms with E-state index in [0.29, 0.717) is 18.0 Å². The third-order valence-electron chi connectivity index (χ3n) is 3.16. The van der Waals surface area contributed by atoms with Crippen molar-refractivity contribution in [2.75, 3.05) is 0 Å². The van der Waals surface area contributed by atoms with Gasteiger partial charge in [-0.15, -0.1) is 0 Å². The molecular weight excluding hydrogens is 246 g/mol. The summed E-state index contributed by atoms with van der Waals surface area (Å²) >= 11 is 0. The van der Waals surface area contributed by atoms with Crippen LogP contribution in [-0.2, 0) is 13.0 Å². The first-order chi connectivity index (χ1) is 9.65. The van der Waals surface area contributed by atoms with Crippen LogP contribution in [0.1, 0.15) is 35.3 Å². The Bertz CT molecular complexity index is 543. The summed E-state index contributed by atoms with van der Waals surface area (Å²) in [5, 5.41) is 2.94. The van der Waals surface area contributed by atoms with E-state index in [1.165, 1.54) is 5.56 Å². The summed E-state index contributed by atoms with van der Waals surface area (Å²) in [6, 6.07) is 17.7. The Hall–Kier alpha value is -2.09. The second-order valence-corrected chi connectivity index (χ2v) is 5.46. The van der Waals surface area contributed by atoms with Crippen molar-refractivity contribution < 1.29 is 4.79 Å². The number of carbonyl (C=O) groups excluding carboxylic acids is 1. The zero-order valence-corrected chi connectivity index (χ0v) is 12.1. The Morgan fingerprint density at radius 1 is 0.950 bits per heavy atom. The molecule has 0 saturated carbocycles. The van der Waals surface area contributed by atoms with Gasteiger partial charge in [-0.25, -0.2) is 0 Å². The zero-order chi connectivity index (χ0) is 14.4. The molecule has 2 rings (SSSR count). The van der Waals surface area contributed by atoms with Gasteiger partial charge >= 0.3 is 0 Å². The highest BCUT2D eigenvalue weighted by Gasteiger charge is 2.04. The van der Waals surface area contributed by atoms with E-state index >= 15 is 0 Å². The van der Waals surface area contributed by atoms with Gasteiger partial charge in [-0.2, -0.15) is 0 Å². The molecule has 0 unspecified atom stereocenters. The van der Waals surface area contributed by atoms with Gasteiger partial charge in [-0.1, -0.05) is 56.3 Å². The Balaban J connectivity index is 1.89. The first kappa shape index (κ1) is 14.3. The molecule has 0 atom stereocenters. The lowest BCUT2D eigenvalue weighted by atomic mass is 10.0. The predicted octanol–water partition coefficient (Wildman–Crippen LogP) is 3.82. The number of carbonyl (C=O) groups is 1. The average molecular weight is 267 g/mol. The number of amides is 1. The molecule has 2 aromatic rings. The van der Waals surface area contributed by atoms with Crippen LogP contribution in [0.15, 0.2) is 54.6 Å².